The molecule has 2 heterocycles. The molecule has 0 saturated heterocycles. The van der Waals surface area contributed by atoms with Crippen LogP contribution in [0.3, 0.4) is 0 Å². The molecule has 1 aliphatic rings. The molecule has 10 heteroatoms. The van der Waals surface area contributed by atoms with Crippen LogP contribution in [0.5, 0.6) is 0 Å². The van der Waals surface area contributed by atoms with Gasteiger partial charge in [-0.25, -0.2) is 13.2 Å². The molecular weight excluding hydrogens is 452 g/mol. The van der Waals surface area contributed by atoms with Crippen molar-refractivity contribution in [1.82, 2.24) is 4.90 Å². The van der Waals surface area contributed by atoms with E-state index in [0.29, 0.717) is 30.1 Å². The average molecular weight is 479 g/mol. The summed E-state index contributed by atoms with van der Waals surface area (Å²) in [5.41, 5.74) is 1.38. The third-order valence-electron chi connectivity index (χ3n) is 5.27. The van der Waals surface area contributed by atoms with E-state index in [9.17, 15) is 22.8 Å². The van der Waals surface area contributed by atoms with Gasteiger partial charge in [0.25, 0.3) is 5.91 Å². The lowest BCUT2D eigenvalue weighted by atomic mass is 10.0. The first-order chi connectivity index (χ1) is 15.1. The number of benzene rings is 1. The highest BCUT2D eigenvalue weighted by Gasteiger charge is 2.30. The zero-order valence-electron chi connectivity index (χ0n) is 18.4. The molecular formula is C22H26N2O6S2. The SMILES string of the molecule is CCOC(=O)c1c(NC(=O)c2ccc(S(=O)(=O)C(C)C)cc2)sc2c1CCN(C(C)=O)C2. The van der Waals surface area contributed by atoms with E-state index in [4.69, 9.17) is 4.74 Å². The minimum Gasteiger partial charge on any atom is -0.462 e. The summed E-state index contributed by atoms with van der Waals surface area (Å²) >= 11 is 1.25. The molecule has 0 spiro atoms. The molecule has 2 amide bonds. The van der Waals surface area contributed by atoms with E-state index in [-0.39, 0.29) is 23.0 Å². The number of esters is 1. The third kappa shape index (κ3) is 4.71. The van der Waals surface area contributed by atoms with E-state index >= 15 is 0 Å². The van der Waals surface area contributed by atoms with Gasteiger partial charge in [-0.05, 0) is 57.0 Å². The van der Waals surface area contributed by atoms with Crippen molar-refractivity contribution in [3.05, 3.63) is 45.8 Å². The second-order valence-corrected chi connectivity index (χ2v) is 11.3. The van der Waals surface area contributed by atoms with Crippen LogP contribution in [0.4, 0.5) is 5.00 Å². The lowest BCUT2D eigenvalue weighted by Crippen LogP contribution is -2.34. The lowest BCUT2D eigenvalue weighted by molar-refractivity contribution is -0.129. The van der Waals surface area contributed by atoms with Crippen molar-refractivity contribution in [3.63, 3.8) is 0 Å². The number of rotatable bonds is 6. The van der Waals surface area contributed by atoms with Crippen molar-refractivity contribution < 1.29 is 27.5 Å². The van der Waals surface area contributed by atoms with Crippen molar-refractivity contribution in [2.24, 2.45) is 0 Å². The molecule has 1 N–H and O–H groups in total. The first kappa shape index (κ1) is 23.9. The number of fused-ring (bicyclic) bond motifs is 1. The summed E-state index contributed by atoms with van der Waals surface area (Å²) in [5.74, 6) is -1.04. The molecule has 1 aliphatic heterocycles. The average Bonchev–Trinajstić information content (AvgIpc) is 3.10. The van der Waals surface area contributed by atoms with Gasteiger partial charge in [-0.1, -0.05) is 0 Å². The molecule has 172 valence electrons. The minimum absolute atomic E-state index is 0.0521. The Labute approximate surface area is 191 Å². The molecule has 0 fully saturated rings. The van der Waals surface area contributed by atoms with Crippen LogP contribution < -0.4 is 5.32 Å². The highest BCUT2D eigenvalue weighted by Crippen LogP contribution is 2.38. The van der Waals surface area contributed by atoms with Gasteiger partial charge >= 0.3 is 5.97 Å². The maximum atomic E-state index is 12.9. The smallest absolute Gasteiger partial charge is 0.341 e. The number of ether oxygens (including phenoxy) is 1. The summed E-state index contributed by atoms with van der Waals surface area (Å²) in [5, 5.41) is 2.57. The quantitative estimate of drug-likeness (QED) is 0.638. The number of nitrogens with zero attached hydrogens (tertiary/aromatic N) is 1. The van der Waals surface area contributed by atoms with E-state index < -0.39 is 27.0 Å². The predicted molar refractivity (Wildman–Crippen MR) is 122 cm³/mol. The molecule has 3 rings (SSSR count). The normalized spacial score (nSPS) is 13.6. The molecule has 0 unspecified atom stereocenters. The zero-order valence-corrected chi connectivity index (χ0v) is 20.1. The number of thiophene rings is 1. The topological polar surface area (TPSA) is 110 Å². The Morgan fingerprint density at radius 3 is 2.41 bits per heavy atom. The summed E-state index contributed by atoms with van der Waals surface area (Å²) in [6.07, 6.45) is 0.497. The van der Waals surface area contributed by atoms with Crippen molar-refractivity contribution in [2.75, 3.05) is 18.5 Å². The van der Waals surface area contributed by atoms with Gasteiger partial charge in [0.15, 0.2) is 9.84 Å². The molecule has 8 nitrogen and oxygen atoms in total. The van der Waals surface area contributed by atoms with E-state index in [1.807, 2.05) is 0 Å². The Hall–Kier alpha value is -2.72. The Kier molecular flexibility index (Phi) is 7.04. The fourth-order valence-corrected chi connectivity index (χ4v) is 5.73. The van der Waals surface area contributed by atoms with Crippen LogP contribution in [0.1, 0.15) is 58.9 Å². The fourth-order valence-electron chi connectivity index (χ4n) is 3.42. The van der Waals surface area contributed by atoms with Crippen molar-refractivity contribution in [3.8, 4) is 0 Å². The number of carbonyl (C=O) groups excluding carboxylic acids is 3. The number of carbonyl (C=O) groups is 3. The van der Waals surface area contributed by atoms with Crippen LogP contribution in [0.15, 0.2) is 29.2 Å². The first-order valence-corrected chi connectivity index (χ1v) is 12.6. The van der Waals surface area contributed by atoms with E-state index in [1.165, 1.54) is 42.5 Å². The van der Waals surface area contributed by atoms with Gasteiger partial charge < -0.3 is 15.0 Å². The molecule has 1 aromatic carbocycles. The number of nitrogens with one attached hydrogen (secondary N) is 1. The fraction of sp³-hybridized carbons (Fsp3) is 0.409. The van der Waals surface area contributed by atoms with Gasteiger partial charge in [0.2, 0.25) is 5.91 Å². The maximum Gasteiger partial charge on any atom is 0.341 e. The van der Waals surface area contributed by atoms with Crippen molar-refractivity contribution >= 4 is 44.0 Å². The Bertz CT molecular complexity index is 1150. The Balaban J connectivity index is 1.90. The van der Waals surface area contributed by atoms with Crippen LogP contribution in [-0.2, 0) is 32.3 Å². The summed E-state index contributed by atoms with van der Waals surface area (Å²) in [6, 6.07) is 5.70. The second kappa shape index (κ2) is 9.41. The number of anilines is 1. The van der Waals surface area contributed by atoms with E-state index in [0.717, 1.165) is 10.4 Å². The number of amides is 2. The van der Waals surface area contributed by atoms with Gasteiger partial charge in [0, 0.05) is 23.9 Å². The summed E-state index contributed by atoms with van der Waals surface area (Å²) in [6.45, 7) is 7.46. The van der Waals surface area contributed by atoms with Gasteiger partial charge in [0.05, 0.1) is 28.9 Å². The van der Waals surface area contributed by atoms with Crippen molar-refractivity contribution in [2.45, 2.75) is 50.8 Å². The maximum absolute atomic E-state index is 12.9. The van der Waals surface area contributed by atoms with Crippen LogP contribution in [0, 0.1) is 0 Å². The molecule has 32 heavy (non-hydrogen) atoms. The second-order valence-electron chi connectivity index (χ2n) is 7.69. The molecule has 0 bridgehead atoms. The van der Waals surface area contributed by atoms with Gasteiger partial charge in [-0.2, -0.15) is 0 Å². The van der Waals surface area contributed by atoms with Crippen molar-refractivity contribution in [1.29, 1.82) is 0 Å². The molecule has 0 radical (unpaired) electrons. The van der Waals surface area contributed by atoms with E-state index in [2.05, 4.69) is 5.32 Å². The number of sulfone groups is 1. The largest absolute Gasteiger partial charge is 0.462 e. The molecule has 0 aliphatic carbocycles. The van der Waals surface area contributed by atoms with Crippen LogP contribution in [0.2, 0.25) is 0 Å². The summed E-state index contributed by atoms with van der Waals surface area (Å²) in [4.78, 5) is 39.9. The zero-order chi connectivity index (χ0) is 23.6. The van der Waals surface area contributed by atoms with E-state index in [1.54, 1.807) is 25.7 Å². The first-order valence-electron chi connectivity index (χ1n) is 10.3. The third-order valence-corrected chi connectivity index (χ3v) is 8.58. The van der Waals surface area contributed by atoms with Gasteiger partial charge in [-0.15, -0.1) is 11.3 Å². The highest BCUT2D eigenvalue weighted by atomic mass is 32.2. The standard InChI is InChI=1S/C22H26N2O6S2/c1-5-30-22(27)19-17-10-11-24(14(4)25)12-18(17)31-21(19)23-20(26)15-6-8-16(9-7-15)32(28,29)13(2)3/h6-9,13H,5,10-12H2,1-4H3,(H,23,26). The number of hydrogen-bond acceptors (Lipinski definition) is 7. The van der Waals surface area contributed by atoms with Crippen LogP contribution >= 0.6 is 11.3 Å². The minimum atomic E-state index is -3.44. The molecule has 2 aromatic rings. The lowest BCUT2D eigenvalue weighted by Gasteiger charge is -2.25. The van der Waals surface area contributed by atoms with Crippen LogP contribution in [-0.4, -0.2) is 49.5 Å². The summed E-state index contributed by atoms with van der Waals surface area (Å²) in [7, 11) is -3.44. The van der Waals surface area contributed by atoms with Gasteiger partial charge in [-0.3, -0.25) is 9.59 Å². The Morgan fingerprint density at radius 2 is 1.84 bits per heavy atom. The monoisotopic (exact) mass is 478 g/mol. The highest BCUT2D eigenvalue weighted by molar-refractivity contribution is 7.92. The van der Waals surface area contributed by atoms with Gasteiger partial charge in [0.1, 0.15) is 5.00 Å². The summed E-state index contributed by atoms with van der Waals surface area (Å²) < 4.78 is 29.8. The predicted octanol–water partition coefficient (Wildman–Crippen LogP) is 3.26. The number of hydrogen-bond donors (Lipinski definition) is 1. The molecule has 0 saturated carbocycles. The Morgan fingerprint density at radius 1 is 1.19 bits per heavy atom. The van der Waals surface area contributed by atoms with Crippen LogP contribution in [0.25, 0.3) is 0 Å². The molecule has 1 aromatic heterocycles. The molecule has 0 atom stereocenters.